The molecule has 0 saturated heterocycles. The first-order chi connectivity index (χ1) is 12.1. The molecule has 0 aliphatic rings. The van der Waals surface area contributed by atoms with Crippen LogP contribution < -0.4 is 24.8 Å². The van der Waals surface area contributed by atoms with E-state index in [1.807, 2.05) is 29.9 Å². The van der Waals surface area contributed by atoms with Gasteiger partial charge in [-0.3, -0.25) is 9.67 Å². The minimum Gasteiger partial charge on any atom is -0.496 e. The van der Waals surface area contributed by atoms with Crippen LogP contribution in [0.1, 0.15) is 11.3 Å². The van der Waals surface area contributed by atoms with Gasteiger partial charge in [-0.1, -0.05) is 0 Å². The number of nitrogens with one attached hydrogen (secondary N) is 2. The molecule has 2 aromatic rings. The third kappa shape index (κ3) is 4.56. The van der Waals surface area contributed by atoms with Crippen LogP contribution in [0, 0.1) is 0 Å². The van der Waals surface area contributed by atoms with E-state index in [9.17, 15) is 0 Å². The zero-order chi connectivity index (χ0) is 18.2. The molecule has 2 rings (SSSR count). The molecular formula is C17H25N5O3. The second-order valence-corrected chi connectivity index (χ2v) is 5.24. The molecule has 0 radical (unpaired) electrons. The molecule has 1 heterocycles. The maximum atomic E-state index is 5.44. The smallest absolute Gasteiger partial charge is 0.191 e. The van der Waals surface area contributed by atoms with Crippen molar-refractivity contribution >= 4 is 5.96 Å². The van der Waals surface area contributed by atoms with Crippen molar-refractivity contribution in [2.45, 2.75) is 13.1 Å². The molecule has 0 unspecified atom stereocenters. The second kappa shape index (κ2) is 8.81. The van der Waals surface area contributed by atoms with Crippen molar-refractivity contribution in [2.24, 2.45) is 12.0 Å². The predicted molar refractivity (Wildman–Crippen MR) is 96.3 cm³/mol. The second-order valence-electron chi connectivity index (χ2n) is 5.24. The Morgan fingerprint density at radius 1 is 1.04 bits per heavy atom. The first-order valence-electron chi connectivity index (χ1n) is 7.83. The molecule has 0 fully saturated rings. The number of benzene rings is 1. The molecule has 1 aromatic carbocycles. The molecule has 1 aromatic heterocycles. The van der Waals surface area contributed by atoms with Gasteiger partial charge in [0.05, 0.1) is 33.6 Å². The normalized spacial score (nSPS) is 11.2. The van der Waals surface area contributed by atoms with Crippen LogP contribution in [0.3, 0.4) is 0 Å². The Balaban J connectivity index is 2.04. The van der Waals surface area contributed by atoms with Crippen LogP contribution in [0.2, 0.25) is 0 Å². The summed E-state index contributed by atoms with van der Waals surface area (Å²) >= 11 is 0. The summed E-state index contributed by atoms with van der Waals surface area (Å²) in [6, 6.07) is 5.65. The molecule has 0 spiro atoms. The molecule has 0 bridgehead atoms. The Bertz CT molecular complexity index is 727. The lowest BCUT2D eigenvalue weighted by Crippen LogP contribution is -2.36. The van der Waals surface area contributed by atoms with Crippen LogP contribution in [0.4, 0.5) is 0 Å². The molecule has 136 valence electrons. The van der Waals surface area contributed by atoms with E-state index in [4.69, 9.17) is 14.2 Å². The van der Waals surface area contributed by atoms with Crippen molar-refractivity contribution in [3.63, 3.8) is 0 Å². The molecule has 25 heavy (non-hydrogen) atoms. The minimum atomic E-state index is 0.522. The lowest BCUT2D eigenvalue weighted by Gasteiger charge is -2.16. The van der Waals surface area contributed by atoms with E-state index in [1.54, 1.807) is 34.6 Å². The van der Waals surface area contributed by atoms with Gasteiger partial charge in [0.2, 0.25) is 0 Å². The number of guanidine groups is 1. The molecule has 2 N–H and O–H groups in total. The standard InChI is InChI=1S/C17H25N5O3/c1-18-17(20-11-13-6-7-21-22(13)2)19-10-12-8-15(24-4)16(25-5)9-14(12)23-3/h6-9H,10-11H2,1-5H3,(H2,18,19,20). The third-order valence-electron chi connectivity index (χ3n) is 3.82. The number of hydrogen-bond acceptors (Lipinski definition) is 5. The highest BCUT2D eigenvalue weighted by atomic mass is 16.5. The number of methoxy groups -OCH3 is 3. The van der Waals surface area contributed by atoms with Crippen LogP contribution in [0.15, 0.2) is 29.4 Å². The van der Waals surface area contributed by atoms with Crippen molar-refractivity contribution < 1.29 is 14.2 Å². The monoisotopic (exact) mass is 347 g/mol. The van der Waals surface area contributed by atoms with Gasteiger partial charge in [0.1, 0.15) is 5.75 Å². The highest BCUT2D eigenvalue weighted by Gasteiger charge is 2.12. The summed E-state index contributed by atoms with van der Waals surface area (Å²) in [6.45, 7) is 1.15. The van der Waals surface area contributed by atoms with Crippen LogP contribution in [-0.2, 0) is 20.1 Å². The van der Waals surface area contributed by atoms with Crippen LogP contribution in [-0.4, -0.2) is 44.1 Å². The number of ether oxygens (including phenoxy) is 3. The lowest BCUT2D eigenvalue weighted by molar-refractivity contribution is 0.347. The quantitative estimate of drug-likeness (QED) is 0.581. The predicted octanol–water partition coefficient (Wildman–Crippen LogP) is 1.31. The summed E-state index contributed by atoms with van der Waals surface area (Å²) in [4.78, 5) is 4.23. The third-order valence-corrected chi connectivity index (χ3v) is 3.82. The van der Waals surface area contributed by atoms with E-state index in [0.717, 1.165) is 11.3 Å². The fraction of sp³-hybridized carbons (Fsp3) is 0.412. The first-order valence-corrected chi connectivity index (χ1v) is 7.83. The number of rotatable bonds is 7. The Labute approximate surface area is 147 Å². The first kappa shape index (κ1) is 18.4. The Morgan fingerprint density at radius 2 is 1.68 bits per heavy atom. The van der Waals surface area contributed by atoms with E-state index < -0.39 is 0 Å². The molecule has 0 atom stereocenters. The van der Waals surface area contributed by atoms with E-state index in [0.29, 0.717) is 36.3 Å². The number of nitrogens with zero attached hydrogens (tertiary/aromatic N) is 3. The summed E-state index contributed by atoms with van der Waals surface area (Å²) in [5, 5.41) is 10.7. The lowest BCUT2D eigenvalue weighted by atomic mass is 10.1. The number of hydrogen-bond donors (Lipinski definition) is 2. The summed E-state index contributed by atoms with van der Waals surface area (Å²) in [5.41, 5.74) is 2.00. The van der Waals surface area contributed by atoms with Gasteiger partial charge in [-0.15, -0.1) is 0 Å². The Morgan fingerprint density at radius 3 is 2.24 bits per heavy atom. The Kier molecular flexibility index (Phi) is 6.50. The molecule has 0 aliphatic heterocycles. The zero-order valence-electron chi connectivity index (χ0n) is 15.3. The van der Waals surface area contributed by atoms with Crippen molar-refractivity contribution in [1.82, 2.24) is 20.4 Å². The largest absolute Gasteiger partial charge is 0.496 e. The van der Waals surface area contributed by atoms with Crippen LogP contribution >= 0.6 is 0 Å². The summed E-state index contributed by atoms with van der Waals surface area (Å²) in [7, 11) is 8.46. The van der Waals surface area contributed by atoms with E-state index >= 15 is 0 Å². The Hall–Kier alpha value is -2.90. The number of aliphatic imine (C=N–C) groups is 1. The summed E-state index contributed by atoms with van der Waals surface area (Å²) in [5.74, 6) is 2.67. The molecule has 8 heteroatoms. The zero-order valence-corrected chi connectivity index (χ0v) is 15.3. The number of aromatic nitrogens is 2. The van der Waals surface area contributed by atoms with Gasteiger partial charge < -0.3 is 24.8 Å². The average molecular weight is 347 g/mol. The highest BCUT2D eigenvalue weighted by molar-refractivity contribution is 5.79. The minimum absolute atomic E-state index is 0.522. The summed E-state index contributed by atoms with van der Waals surface area (Å²) in [6.07, 6.45) is 1.77. The number of aryl methyl sites for hydroxylation is 1. The SMILES string of the molecule is CN=C(NCc1cc(OC)c(OC)cc1OC)NCc1ccnn1C. The van der Waals surface area contributed by atoms with Crippen molar-refractivity contribution in [2.75, 3.05) is 28.4 Å². The maximum Gasteiger partial charge on any atom is 0.191 e. The van der Waals surface area contributed by atoms with Crippen molar-refractivity contribution in [3.05, 3.63) is 35.7 Å². The molecule has 0 amide bonds. The van der Waals surface area contributed by atoms with E-state index in [1.165, 1.54) is 0 Å². The molecule has 0 saturated carbocycles. The maximum absolute atomic E-state index is 5.44. The fourth-order valence-corrected chi connectivity index (χ4v) is 2.38. The topological polar surface area (TPSA) is 81.9 Å². The van der Waals surface area contributed by atoms with Crippen LogP contribution in [0.5, 0.6) is 17.2 Å². The average Bonchev–Trinajstić information content (AvgIpc) is 3.06. The fourth-order valence-electron chi connectivity index (χ4n) is 2.38. The van der Waals surface area contributed by atoms with Gasteiger partial charge >= 0.3 is 0 Å². The molecule has 0 aliphatic carbocycles. The van der Waals surface area contributed by atoms with E-state index in [2.05, 4.69) is 20.7 Å². The van der Waals surface area contributed by atoms with Crippen molar-refractivity contribution in [3.8, 4) is 17.2 Å². The van der Waals surface area contributed by atoms with Gasteiger partial charge in [0.15, 0.2) is 17.5 Å². The highest BCUT2D eigenvalue weighted by Crippen LogP contribution is 2.34. The van der Waals surface area contributed by atoms with Gasteiger partial charge in [-0.25, -0.2) is 0 Å². The molecular weight excluding hydrogens is 322 g/mol. The van der Waals surface area contributed by atoms with Gasteiger partial charge in [-0.2, -0.15) is 5.10 Å². The van der Waals surface area contributed by atoms with Crippen LogP contribution in [0.25, 0.3) is 0 Å². The van der Waals surface area contributed by atoms with Gasteiger partial charge in [0, 0.05) is 38.5 Å². The van der Waals surface area contributed by atoms with Gasteiger partial charge in [-0.05, 0) is 12.1 Å². The van der Waals surface area contributed by atoms with E-state index in [-0.39, 0.29) is 0 Å². The van der Waals surface area contributed by atoms with Gasteiger partial charge in [0.25, 0.3) is 0 Å². The molecule has 8 nitrogen and oxygen atoms in total. The summed E-state index contributed by atoms with van der Waals surface area (Å²) < 4.78 is 17.9. The van der Waals surface area contributed by atoms with Crippen molar-refractivity contribution in [1.29, 1.82) is 0 Å².